The SMILES string of the molecule is CCC1CC(C)(C(=O)O)C1. The van der Waals surface area contributed by atoms with Crippen LogP contribution in [0.5, 0.6) is 0 Å². The van der Waals surface area contributed by atoms with E-state index in [1.165, 1.54) is 0 Å². The first-order chi connectivity index (χ1) is 4.58. The van der Waals surface area contributed by atoms with Gasteiger partial charge < -0.3 is 5.11 Å². The minimum absolute atomic E-state index is 0.388. The quantitative estimate of drug-likeness (QED) is 0.639. The highest BCUT2D eigenvalue weighted by atomic mass is 16.4. The standard InChI is InChI=1S/C8H14O2/c1-3-6-4-8(2,5-6)7(9)10/h6H,3-5H2,1-2H3,(H,9,10). The number of aliphatic carboxylic acids is 1. The van der Waals surface area contributed by atoms with Gasteiger partial charge in [0.05, 0.1) is 5.41 Å². The Morgan fingerprint density at radius 3 is 2.50 bits per heavy atom. The van der Waals surface area contributed by atoms with Crippen LogP contribution in [0.3, 0.4) is 0 Å². The van der Waals surface area contributed by atoms with Gasteiger partial charge in [0.2, 0.25) is 0 Å². The molecule has 1 N–H and O–H groups in total. The summed E-state index contributed by atoms with van der Waals surface area (Å²) in [6.07, 6.45) is 2.88. The lowest BCUT2D eigenvalue weighted by Crippen LogP contribution is -2.40. The summed E-state index contributed by atoms with van der Waals surface area (Å²) in [6, 6.07) is 0. The molecule has 0 heterocycles. The van der Waals surface area contributed by atoms with Gasteiger partial charge in [-0.15, -0.1) is 0 Å². The molecule has 0 aromatic heterocycles. The van der Waals surface area contributed by atoms with E-state index >= 15 is 0 Å². The van der Waals surface area contributed by atoms with E-state index in [2.05, 4.69) is 6.92 Å². The van der Waals surface area contributed by atoms with Gasteiger partial charge in [0, 0.05) is 0 Å². The zero-order valence-corrected chi connectivity index (χ0v) is 6.55. The molecule has 1 aliphatic rings. The summed E-state index contributed by atoms with van der Waals surface area (Å²) in [5, 5.41) is 8.71. The molecule has 1 fully saturated rings. The molecule has 0 amide bonds. The molecule has 0 spiro atoms. The van der Waals surface area contributed by atoms with Crippen LogP contribution in [0.25, 0.3) is 0 Å². The lowest BCUT2D eigenvalue weighted by Gasteiger charge is -2.41. The molecule has 1 aliphatic carbocycles. The average molecular weight is 142 g/mol. The molecule has 0 saturated heterocycles. The first-order valence-corrected chi connectivity index (χ1v) is 3.82. The number of rotatable bonds is 2. The third-order valence-corrected chi connectivity index (χ3v) is 2.57. The van der Waals surface area contributed by atoms with Crippen molar-refractivity contribution in [3.05, 3.63) is 0 Å². The Kier molecular flexibility index (Phi) is 1.71. The monoisotopic (exact) mass is 142 g/mol. The van der Waals surface area contributed by atoms with Gasteiger partial charge in [0.1, 0.15) is 0 Å². The van der Waals surface area contributed by atoms with Crippen molar-refractivity contribution in [2.45, 2.75) is 33.1 Å². The summed E-state index contributed by atoms with van der Waals surface area (Å²) in [5.74, 6) is 0.0401. The van der Waals surface area contributed by atoms with Crippen molar-refractivity contribution in [3.8, 4) is 0 Å². The fourth-order valence-corrected chi connectivity index (χ4v) is 1.68. The second-order valence-corrected chi connectivity index (χ2v) is 3.55. The van der Waals surface area contributed by atoms with Crippen LogP contribution in [0.1, 0.15) is 33.1 Å². The Bertz CT molecular complexity index is 145. The summed E-state index contributed by atoms with van der Waals surface area (Å²) in [7, 11) is 0. The molecule has 0 radical (unpaired) electrons. The van der Waals surface area contributed by atoms with E-state index in [1.807, 2.05) is 6.92 Å². The second-order valence-electron chi connectivity index (χ2n) is 3.55. The highest BCUT2D eigenvalue weighted by Crippen LogP contribution is 2.46. The van der Waals surface area contributed by atoms with Gasteiger partial charge >= 0.3 is 5.97 Å². The minimum atomic E-state index is -0.628. The van der Waals surface area contributed by atoms with E-state index < -0.39 is 5.97 Å². The average Bonchev–Trinajstić information content (AvgIpc) is 1.80. The maximum atomic E-state index is 10.6. The van der Waals surface area contributed by atoms with E-state index in [1.54, 1.807) is 0 Å². The molecule has 2 nitrogen and oxygen atoms in total. The van der Waals surface area contributed by atoms with Gasteiger partial charge in [0.15, 0.2) is 0 Å². The van der Waals surface area contributed by atoms with E-state index in [0.29, 0.717) is 5.92 Å². The van der Waals surface area contributed by atoms with E-state index in [0.717, 1.165) is 19.3 Å². The van der Waals surface area contributed by atoms with Crippen molar-refractivity contribution in [1.29, 1.82) is 0 Å². The Balaban J connectivity index is 2.42. The van der Waals surface area contributed by atoms with Crippen molar-refractivity contribution in [3.63, 3.8) is 0 Å². The number of carboxylic acids is 1. The molecule has 58 valence electrons. The Morgan fingerprint density at radius 2 is 2.20 bits per heavy atom. The second kappa shape index (κ2) is 2.26. The molecular formula is C8H14O2. The summed E-state index contributed by atoms with van der Waals surface area (Å²) < 4.78 is 0. The van der Waals surface area contributed by atoms with Crippen LogP contribution in [0.15, 0.2) is 0 Å². The van der Waals surface area contributed by atoms with Crippen molar-refractivity contribution >= 4 is 5.97 Å². The predicted molar refractivity (Wildman–Crippen MR) is 38.8 cm³/mol. The molecule has 0 aromatic carbocycles. The Hall–Kier alpha value is -0.530. The van der Waals surface area contributed by atoms with Crippen molar-refractivity contribution in [2.24, 2.45) is 11.3 Å². The van der Waals surface area contributed by atoms with Gasteiger partial charge in [-0.25, -0.2) is 0 Å². The van der Waals surface area contributed by atoms with Gasteiger partial charge in [-0.2, -0.15) is 0 Å². The summed E-state index contributed by atoms with van der Waals surface area (Å²) in [6.45, 7) is 3.95. The largest absolute Gasteiger partial charge is 0.481 e. The molecule has 2 heteroatoms. The lowest BCUT2D eigenvalue weighted by atomic mass is 9.62. The molecule has 0 unspecified atom stereocenters. The topological polar surface area (TPSA) is 37.3 Å². The number of hydrogen-bond acceptors (Lipinski definition) is 1. The highest BCUT2D eigenvalue weighted by Gasteiger charge is 2.45. The number of hydrogen-bond donors (Lipinski definition) is 1. The maximum absolute atomic E-state index is 10.6. The molecule has 0 aromatic rings. The number of carboxylic acid groups (broad SMARTS) is 1. The highest BCUT2D eigenvalue weighted by molar-refractivity contribution is 5.75. The van der Waals surface area contributed by atoms with Gasteiger partial charge in [-0.3, -0.25) is 4.79 Å². The van der Waals surface area contributed by atoms with Crippen molar-refractivity contribution < 1.29 is 9.90 Å². The molecule has 10 heavy (non-hydrogen) atoms. The predicted octanol–water partition coefficient (Wildman–Crippen LogP) is 1.90. The summed E-state index contributed by atoms with van der Waals surface area (Å²) in [4.78, 5) is 10.6. The first-order valence-electron chi connectivity index (χ1n) is 3.82. The van der Waals surface area contributed by atoms with E-state index in [-0.39, 0.29) is 5.41 Å². The minimum Gasteiger partial charge on any atom is -0.481 e. The number of carbonyl (C=O) groups is 1. The van der Waals surface area contributed by atoms with Crippen LogP contribution in [-0.2, 0) is 4.79 Å². The van der Waals surface area contributed by atoms with Gasteiger partial charge in [-0.05, 0) is 25.7 Å². The van der Waals surface area contributed by atoms with Crippen LogP contribution < -0.4 is 0 Å². The van der Waals surface area contributed by atoms with Gasteiger partial charge in [0.25, 0.3) is 0 Å². The van der Waals surface area contributed by atoms with E-state index in [4.69, 9.17) is 5.11 Å². The van der Waals surface area contributed by atoms with Crippen LogP contribution in [0, 0.1) is 11.3 Å². The normalized spacial score (nSPS) is 38.8. The van der Waals surface area contributed by atoms with Crippen LogP contribution >= 0.6 is 0 Å². The summed E-state index contributed by atoms with van der Waals surface area (Å²) >= 11 is 0. The molecule has 1 saturated carbocycles. The lowest BCUT2D eigenvalue weighted by molar-refractivity contribution is -0.156. The molecule has 0 atom stereocenters. The first kappa shape index (κ1) is 7.58. The van der Waals surface area contributed by atoms with E-state index in [9.17, 15) is 4.79 Å². The van der Waals surface area contributed by atoms with Crippen LogP contribution in [0.2, 0.25) is 0 Å². The van der Waals surface area contributed by atoms with Crippen molar-refractivity contribution in [1.82, 2.24) is 0 Å². The molecule has 0 bridgehead atoms. The summed E-state index contributed by atoms with van der Waals surface area (Å²) in [5.41, 5.74) is -0.388. The Morgan fingerprint density at radius 1 is 1.70 bits per heavy atom. The zero-order valence-electron chi connectivity index (χ0n) is 6.55. The molecule has 1 rings (SSSR count). The third kappa shape index (κ3) is 1.02. The molecule has 0 aliphatic heterocycles. The Labute approximate surface area is 61.2 Å². The van der Waals surface area contributed by atoms with Crippen molar-refractivity contribution in [2.75, 3.05) is 0 Å². The van der Waals surface area contributed by atoms with Crippen LogP contribution in [0.4, 0.5) is 0 Å². The smallest absolute Gasteiger partial charge is 0.309 e. The van der Waals surface area contributed by atoms with Crippen LogP contribution in [-0.4, -0.2) is 11.1 Å². The maximum Gasteiger partial charge on any atom is 0.309 e. The van der Waals surface area contributed by atoms with Gasteiger partial charge in [-0.1, -0.05) is 13.3 Å². The fourth-order valence-electron chi connectivity index (χ4n) is 1.68. The zero-order chi connectivity index (χ0) is 7.78. The fraction of sp³-hybridized carbons (Fsp3) is 0.875. The molecular weight excluding hydrogens is 128 g/mol. The third-order valence-electron chi connectivity index (χ3n) is 2.57.